The molecule has 1 atom stereocenters. The highest BCUT2D eigenvalue weighted by Crippen LogP contribution is 2.46. The summed E-state index contributed by atoms with van der Waals surface area (Å²) in [5, 5.41) is 21.5. The molecular weight excluding hydrogens is 469 g/mol. The van der Waals surface area contributed by atoms with Gasteiger partial charge < -0.3 is 5.11 Å². The van der Waals surface area contributed by atoms with Crippen molar-refractivity contribution in [2.45, 2.75) is 37.3 Å². The van der Waals surface area contributed by atoms with Crippen LogP contribution in [-0.2, 0) is 24.5 Å². The van der Waals surface area contributed by atoms with E-state index < -0.39 is 47.5 Å². The molecule has 0 fully saturated rings. The van der Waals surface area contributed by atoms with Crippen molar-refractivity contribution >= 4 is 0 Å². The van der Waals surface area contributed by atoms with Crippen molar-refractivity contribution in [1.82, 2.24) is 25.2 Å². The highest BCUT2D eigenvalue weighted by molar-refractivity contribution is 5.63. The average Bonchev–Trinajstić information content (AvgIpc) is 3.31. The van der Waals surface area contributed by atoms with Crippen molar-refractivity contribution in [2.24, 2.45) is 0 Å². The number of tetrazole rings is 1. The average molecular weight is 489 g/mol. The molecule has 35 heavy (non-hydrogen) atoms. The Hall–Kier alpha value is -3.73. The van der Waals surface area contributed by atoms with Gasteiger partial charge in [-0.05, 0) is 40.6 Å². The molecule has 0 amide bonds. The highest BCUT2D eigenvalue weighted by atomic mass is 19.3. The van der Waals surface area contributed by atoms with E-state index in [1.807, 2.05) is 0 Å². The molecule has 0 aliphatic carbocycles. The topological polar surface area (TPSA) is 76.7 Å². The maximum atomic E-state index is 15.8. The number of nitrogens with zero attached hydrogens (tertiary/aromatic N) is 5. The van der Waals surface area contributed by atoms with Crippen LogP contribution < -0.4 is 0 Å². The second-order valence-corrected chi connectivity index (χ2v) is 8.30. The molecule has 2 aromatic heterocycles. The molecular formula is C24H20F5N5O. The van der Waals surface area contributed by atoms with E-state index in [2.05, 4.69) is 20.5 Å². The number of pyridine rings is 1. The van der Waals surface area contributed by atoms with Crippen LogP contribution in [0.25, 0.3) is 11.1 Å². The zero-order chi connectivity index (χ0) is 25.3. The SMILES string of the molecule is CC(F)(F)Cc1ccc(-c2ccc(C(F)(F)[C@](O)(Cn3cnnn3)c3ccccc3F)nc2)cc1. The standard InChI is InChI=1S/C24H20F5N5O/c1-22(26,27)12-16-6-8-17(9-7-16)18-10-11-21(30-13-18)24(28,29)23(35,14-34-15-31-32-33-34)19-4-2-3-5-20(19)25/h2-11,13,15,35H,12,14H2,1H3/t23-/m0/s1. The predicted molar refractivity (Wildman–Crippen MR) is 116 cm³/mol. The van der Waals surface area contributed by atoms with Crippen LogP contribution in [0.1, 0.15) is 23.7 Å². The highest BCUT2D eigenvalue weighted by Gasteiger charge is 2.57. The van der Waals surface area contributed by atoms with Crippen LogP contribution in [0.3, 0.4) is 0 Å². The predicted octanol–water partition coefficient (Wildman–Crippen LogP) is 4.75. The normalized spacial score (nSPS) is 14.0. The number of halogens is 5. The summed E-state index contributed by atoms with van der Waals surface area (Å²) >= 11 is 0. The summed E-state index contributed by atoms with van der Waals surface area (Å²) in [6.45, 7) is -0.0213. The molecule has 0 saturated heterocycles. The number of rotatable bonds is 8. The number of benzene rings is 2. The van der Waals surface area contributed by atoms with Crippen LogP contribution in [0, 0.1) is 5.82 Å². The number of hydrogen-bond donors (Lipinski definition) is 1. The fraction of sp³-hybridized carbons (Fsp3) is 0.250. The summed E-state index contributed by atoms with van der Waals surface area (Å²) < 4.78 is 73.4. The molecule has 0 unspecified atom stereocenters. The molecule has 4 aromatic rings. The fourth-order valence-corrected chi connectivity index (χ4v) is 3.77. The van der Waals surface area contributed by atoms with Crippen molar-refractivity contribution in [3.8, 4) is 11.1 Å². The van der Waals surface area contributed by atoms with E-state index in [-0.39, 0.29) is 0 Å². The number of hydrogen-bond acceptors (Lipinski definition) is 5. The van der Waals surface area contributed by atoms with Crippen molar-refractivity contribution in [2.75, 3.05) is 0 Å². The Kier molecular flexibility index (Phi) is 6.37. The molecule has 6 nitrogen and oxygen atoms in total. The van der Waals surface area contributed by atoms with E-state index in [1.54, 1.807) is 12.1 Å². The van der Waals surface area contributed by atoms with Gasteiger partial charge in [-0.3, -0.25) is 4.98 Å². The molecule has 182 valence electrons. The van der Waals surface area contributed by atoms with Gasteiger partial charge in [0, 0.05) is 23.7 Å². The van der Waals surface area contributed by atoms with Crippen LogP contribution >= 0.6 is 0 Å². The zero-order valence-corrected chi connectivity index (χ0v) is 18.4. The number of aromatic nitrogens is 5. The van der Waals surface area contributed by atoms with Gasteiger partial charge in [0.25, 0.3) is 0 Å². The monoisotopic (exact) mass is 489 g/mol. The van der Waals surface area contributed by atoms with E-state index in [0.29, 0.717) is 16.7 Å². The summed E-state index contributed by atoms with van der Waals surface area (Å²) in [4.78, 5) is 3.85. The molecule has 0 saturated carbocycles. The van der Waals surface area contributed by atoms with Crippen LogP contribution in [0.2, 0.25) is 0 Å². The van der Waals surface area contributed by atoms with Gasteiger partial charge in [-0.2, -0.15) is 8.78 Å². The van der Waals surface area contributed by atoms with E-state index >= 15 is 8.78 Å². The van der Waals surface area contributed by atoms with E-state index in [4.69, 9.17) is 0 Å². The van der Waals surface area contributed by atoms with Gasteiger partial charge in [-0.25, -0.2) is 17.9 Å². The maximum absolute atomic E-state index is 15.8. The van der Waals surface area contributed by atoms with Crippen LogP contribution in [0.4, 0.5) is 22.0 Å². The molecule has 2 aromatic carbocycles. The second-order valence-electron chi connectivity index (χ2n) is 8.30. The first-order valence-corrected chi connectivity index (χ1v) is 10.5. The Morgan fingerprint density at radius 1 is 0.914 bits per heavy atom. The lowest BCUT2D eigenvalue weighted by Crippen LogP contribution is -2.48. The number of alkyl halides is 4. The van der Waals surface area contributed by atoms with Gasteiger partial charge in [0.05, 0.1) is 6.54 Å². The van der Waals surface area contributed by atoms with Crippen molar-refractivity contribution < 1.29 is 27.1 Å². The molecule has 0 radical (unpaired) electrons. The Morgan fingerprint density at radius 3 is 2.17 bits per heavy atom. The molecule has 0 spiro atoms. The van der Waals surface area contributed by atoms with E-state index in [9.17, 15) is 18.3 Å². The van der Waals surface area contributed by atoms with Gasteiger partial charge in [0.1, 0.15) is 17.8 Å². The summed E-state index contributed by atoms with van der Waals surface area (Å²) in [7, 11) is 0. The Bertz CT molecular complexity index is 1280. The molecule has 0 aliphatic rings. The lowest BCUT2D eigenvalue weighted by atomic mass is 9.84. The van der Waals surface area contributed by atoms with Crippen LogP contribution in [0.5, 0.6) is 0 Å². The third-order valence-electron chi connectivity index (χ3n) is 5.51. The Balaban J connectivity index is 1.67. The minimum Gasteiger partial charge on any atom is -0.377 e. The first-order chi connectivity index (χ1) is 16.5. The van der Waals surface area contributed by atoms with Crippen LogP contribution in [-0.4, -0.2) is 36.2 Å². The largest absolute Gasteiger partial charge is 0.377 e. The fourth-order valence-electron chi connectivity index (χ4n) is 3.77. The molecule has 1 N–H and O–H groups in total. The lowest BCUT2D eigenvalue weighted by molar-refractivity contribution is -0.207. The molecule has 0 aliphatic heterocycles. The van der Waals surface area contributed by atoms with Gasteiger partial charge in [-0.15, -0.1) is 5.10 Å². The van der Waals surface area contributed by atoms with Gasteiger partial charge in [-0.1, -0.05) is 48.5 Å². The van der Waals surface area contributed by atoms with Crippen LogP contribution in [0.15, 0.2) is 73.2 Å². The third-order valence-corrected chi connectivity index (χ3v) is 5.51. The maximum Gasteiger partial charge on any atom is 0.323 e. The minimum absolute atomic E-state index is 0.424. The van der Waals surface area contributed by atoms with Crippen molar-refractivity contribution in [3.63, 3.8) is 0 Å². The first kappa shape index (κ1) is 24.4. The first-order valence-electron chi connectivity index (χ1n) is 10.5. The Labute approximate surface area is 197 Å². The lowest BCUT2D eigenvalue weighted by Gasteiger charge is -2.35. The zero-order valence-electron chi connectivity index (χ0n) is 18.4. The molecule has 2 heterocycles. The number of aliphatic hydroxyl groups is 1. The smallest absolute Gasteiger partial charge is 0.323 e. The molecule has 0 bridgehead atoms. The third kappa shape index (κ3) is 5.04. The summed E-state index contributed by atoms with van der Waals surface area (Å²) in [5.41, 5.74) is -3.07. The van der Waals surface area contributed by atoms with Gasteiger partial charge in [0.2, 0.25) is 5.92 Å². The second kappa shape index (κ2) is 9.14. The summed E-state index contributed by atoms with van der Waals surface area (Å²) in [6, 6.07) is 13.3. The Morgan fingerprint density at radius 2 is 1.60 bits per heavy atom. The minimum atomic E-state index is -4.06. The van der Waals surface area contributed by atoms with Gasteiger partial charge >= 0.3 is 5.92 Å². The summed E-state index contributed by atoms with van der Waals surface area (Å²) in [5.74, 6) is -7.94. The van der Waals surface area contributed by atoms with E-state index in [1.165, 1.54) is 36.5 Å². The van der Waals surface area contributed by atoms with Crippen molar-refractivity contribution in [1.29, 1.82) is 0 Å². The molecule has 4 rings (SSSR count). The quantitative estimate of drug-likeness (QED) is 0.362. The van der Waals surface area contributed by atoms with Gasteiger partial charge in [0.15, 0.2) is 5.60 Å². The van der Waals surface area contributed by atoms with Crippen molar-refractivity contribution in [3.05, 3.63) is 95.8 Å². The molecule has 11 heteroatoms. The van der Waals surface area contributed by atoms with E-state index in [0.717, 1.165) is 36.1 Å². The summed E-state index contributed by atoms with van der Waals surface area (Å²) in [6.07, 6.45) is 1.77.